The van der Waals surface area contributed by atoms with Gasteiger partial charge in [-0.1, -0.05) is 207 Å². The summed E-state index contributed by atoms with van der Waals surface area (Å²) in [6.45, 7) is 11.6. The third-order valence-electron chi connectivity index (χ3n) is 13.7. The first kappa shape index (κ1) is 71.6. The fourth-order valence-corrected chi connectivity index (χ4v) is 8.89. The molecule has 0 aliphatic heterocycles. The average molecular weight is 1060 g/mol. The minimum atomic E-state index is -1.36. The van der Waals surface area contributed by atoms with E-state index in [1.165, 1.54) is 128 Å². The summed E-state index contributed by atoms with van der Waals surface area (Å²) in [7, 11) is 0. The number of amides is 4. The summed E-state index contributed by atoms with van der Waals surface area (Å²) in [6, 6.07) is 0. The van der Waals surface area contributed by atoms with Gasteiger partial charge in [-0.15, -0.1) is 0 Å². The normalized spacial score (nSPS) is 13.3. The number of rotatable bonds is 57. The van der Waals surface area contributed by atoms with E-state index >= 15 is 0 Å². The summed E-state index contributed by atoms with van der Waals surface area (Å²) in [4.78, 5) is 54.8. The second-order valence-corrected chi connectivity index (χ2v) is 20.9. The summed E-state index contributed by atoms with van der Waals surface area (Å²) in [6.07, 6.45) is 31.0. The Labute approximate surface area is 451 Å². The van der Waals surface area contributed by atoms with Crippen molar-refractivity contribution in [2.75, 3.05) is 91.9 Å². The second kappa shape index (κ2) is 53.9. The van der Waals surface area contributed by atoms with Gasteiger partial charge in [0, 0.05) is 65.4 Å². The number of carbonyl (C=O) groups is 4. The number of unbranched alkanes of at least 4 members (excludes halogenated alkanes) is 28. The first-order valence-electron chi connectivity index (χ1n) is 30.4. The van der Waals surface area contributed by atoms with Gasteiger partial charge in [0.2, 0.25) is 23.6 Å². The fraction of sp³-hybridized carbons (Fsp3) is 0.931. The first-order valence-corrected chi connectivity index (χ1v) is 30.4. The van der Waals surface area contributed by atoms with Crippen molar-refractivity contribution in [2.45, 2.75) is 258 Å². The third kappa shape index (κ3) is 45.7. The zero-order valence-corrected chi connectivity index (χ0v) is 48.0. The molecule has 0 heterocycles. The van der Waals surface area contributed by atoms with E-state index in [4.69, 9.17) is 9.47 Å². The summed E-state index contributed by atoms with van der Waals surface area (Å²) in [5.41, 5.74) is 0. The summed E-state index contributed by atoms with van der Waals surface area (Å²) < 4.78 is 11.7. The van der Waals surface area contributed by atoms with Crippen LogP contribution in [-0.4, -0.2) is 170 Å². The minimum absolute atomic E-state index is 0.0898. The highest BCUT2D eigenvalue weighted by Crippen LogP contribution is 2.12. The van der Waals surface area contributed by atoms with Crippen LogP contribution in [0.15, 0.2) is 0 Å². The molecule has 0 aliphatic carbocycles. The van der Waals surface area contributed by atoms with Crippen LogP contribution >= 0.6 is 0 Å². The van der Waals surface area contributed by atoms with Gasteiger partial charge < -0.3 is 51.2 Å². The molecule has 74 heavy (non-hydrogen) atoms. The number of ether oxygens (including phenoxy) is 2. The smallest absolute Gasteiger partial charge is 0.250 e. The molecule has 4 unspecified atom stereocenters. The van der Waals surface area contributed by atoms with Gasteiger partial charge in [0.05, 0.1) is 26.4 Å². The molecule has 8 N–H and O–H groups in total. The van der Waals surface area contributed by atoms with Crippen LogP contribution in [0.2, 0.25) is 0 Å². The summed E-state index contributed by atoms with van der Waals surface area (Å²) in [5.74, 6) is -1.97. The Balaban J connectivity index is 5.21. The number of aliphatic hydroxyl groups is 4. The van der Waals surface area contributed by atoms with Crippen molar-refractivity contribution in [2.24, 2.45) is 0 Å². The molecule has 16 nitrogen and oxygen atoms in total. The van der Waals surface area contributed by atoms with Crippen molar-refractivity contribution in [1.29, 1.82) is 0 Å². The average Bonchev–Trinajstić information content (AvgIpc) is 3.39. The highest BCUT2D eigenvalue weighted by atomic mass is 16.5. The molecule has 4 amide bonds. The van der Waals surface area contributed by atoms with Crippen molar-refractivity contribution in [3.63, 3.8) is 0 Å². The lowest BCUT2D eigenvalue weighted by molar-refractivity contribution is -0.133. The van der Waals surface area contributed by atoms with E-state index in [1.54, 1.807) is 9.80 Å². The van der Waals surface area contributed by atoms with Crippen molar-refractivity contribution in [3.05, 3.63) is 0 Å². The van der Waals surface area contributed by atoms with Gasteiger partial charge in [-0.3, -0.25) is 29.0 Å². The molecule has 16 heteroatoms. The van der Waals surface area contributed by atoms with E-state index in [9.17, 15) is 39.6 Å². The second-order valence-electron chi connectivity index (χ2n) is 20.9. The van der Waals surface area contributed by atoms with Crippen LogP contribution in [0.25, 0.3) is 0 Å². The van der Waals surface area contributed by atoms with E-state index < -0.39 is 48.0 Å². The van der Waals surface area contributed by atoms with Crippen LogP contribution in [0.3, 0.4) is 0 Å². The molecule has 438 valence electrons. The molecule has 0 rings (SSSR count). The molecule has 0 aromatic heterocycles. The molecule has 0 aliphatic rings. The molecule has 0 spiro atoms. The maximum atomic E-state index is 12.9. The van der Waals surface area contributed by atoms with Crippen molar-refractivity contribution >= 4 is 23.6 Å². The predicted octanol–water partition coefficient (Wildman–Crippen LogP) is 8.09. The highest BCUT2D eigenvalue weighted by Gasteiger charge is 2.25. The van der Waals surface area contributed by atoms with Crippen LogP contribution in [0.4, 0.5) is 0 Å². The largest absolute Gasteiger partial charge is 0.382 e. The fourth-order valence-electron chi connectivity index (χ4n) is 8.89. The molecule has 0 aromatic rings. The molecule has 0 radical (unpaired) electrons. The Morgan fingerprint density at radius 2 is 0.500 bits per heavy atom. The summed E-state index contributed by atoms with van der Waals surface area (Å²) in [5, 5.41) is 54.9. The standard InChI is InChI=1S/C58H116N6O10/c1-5-9-13-17-21-25-29-33-37-59-55(69)51(65)47-63(48-52(66)56(70)60-38-34-30-26-22-18-14-10-6-2)41-43-73-45-46-74-44-42-64(49-53(67)57(71)61-39-35-31-27-23-19-15-11-7-3)50-54(68)58(72)62-40-36-32-28-24-20-16-12-8-4/h51-54,65-68H,5-50H2,1-4H3,(H,59,69)(H,60,70)(H,61,71)(H,62,72). The number of nitrogens with one attached hydrogen (secondary N) is 4. The van der Waals surface area contributed by atoms with E-state index in [0.29, 0.717) is 26.2 Å². The third-order valence-corrected chi connectivity index (χ3v) is 13.7. The van der Waals surface area contributed by atoms with Crippen LogP contribution in [-0.2, 0) is 28.7 Å². The zero-order chi connectivity index (χ0) is 54.5. The van der Waals surface area contributed by atoms with Gasteiger partial charge >= 0.3 is 0 Å². The van der Waals surface area contributed by atoms with Crippen LogP contribution in [0.5, 0.6) is 0 Å². The first-order chi connectivity index (χ1) is 36.0. The van der Waals surface area contributed by atoms with Gasteiger partial charge in [0.1, 0.15) is 24.4 Å². The molecule has 0 bridgehead atoms. The SMILES string of the molecule is CCCCCCCCCCNC(=O)C(O)CN(CCOCCOCCN(CC(O)C(=O)NCCCCCCCCCC)CC(O)C(=O)NCCCCCCCCCC)CC(O)C(=O)NCCCCCCCCCC. The van der Waals surface area contributed by atoms with Gasteiger partial charge in [0.25, 0.3) is 0 Å². The quantitative estimate of drug-likeness (QED) is 0.0271. The molecule has 0 fully saturated rings. The van der Waals surface area contributed by atoms with Gasteiger partial charge in [0.15, 0.2) is 0 Å². The number of hydrogen-bond donors (Lipinski definition) is 8. The monoisotopic (exact) mass is 1060 g/mol. The highest BCUT2D eigenvalue weighted by molar-refractivity contribution is 5.82. The van der Waals surface area contributed by atoms with Crippen LogP contribution in [0.1, 0.15) is 233 Å². The Morgan fingerprint density at radius 1 is 0.311 bits per heavy atom. The lowest BCUT2D eigenvalue weighted by atomic mass is 10.1. The zero-order valence-electron chi connectivity index (χ0n) is 48.0. The lowest BCUT2D eigenvalue weighted by Crippen LogP contribution is -2.49. The van der Waals surface area contributed by atoms with Crippen LogP contribution < -0.4 is 21.3 Å². The maximum absolute atomic E-state index is 12.9. The van der Waals surface area contributed by atoms with Gasteiger partial charge in [-0.25, -0.2) is 0 Å². The van der Waals surface area contributed by atoms with E-state index in [0.717, 1.165) is 77.0 Å². The Morgan fingerprint density at radius 3 is 0.703 bits per heavy atom. The molecule has 0 saturated carbocycles. The van der Waals surface area contributed by atoms with Crippen molar-refractivity contribution < 1.29 is 49.1 Å². The molecular weight excluding hydrogens is 941 g/mol. The van der Waals surface area contributed by atoms with Crippen molar-refractivity contribution in [3.8, 4) is 0 Å². The number of carbonyl (C=O) groups excluding carboxylic acids is 4. The lowest BCUT2D eigenvalue weighted by Gasteiger charge is -2.27. The summed E-state index contributed by atoms with van der Waals surface area (Å²) >= 11 is 0. The number of nitrogens with zero attached hydrogens (tertiary/aromatic N) is 2. The predicted molar refractivity (Wildman–Crippen MR) is 301 cm³/mol. The molecule has 0 aromatic carbocycles. The topological polar surface area (TPSA) is 222 Å². The van der Waals surface area contributed by atoms with Crippen LogP contribution in [0, 0.1) is 0 Å². The van der Waals surface area contributed by atoms with Crippen molar-refractivity contribution in [1.82, 2.24) is 31.1 Å². The van der Waals surface area contributed by atoms with E-state index in [1.807, 2.05) is 0 Å². The Hall–Kier alpha value is -2.44. The minimum Gasteiger partial charge on any atom is -0.382 e. The van der Waals surface area contributed by atoms with E-state index in [-0.39, 0.29) is 65.7 Å². The molecule has 4 atom stereocenters. The number of hydrogen-bond acceptors (Lipinski definition) is 12. The van der Waals surface area contributed by atoms with Gasteiger partial charge in [-0.05, 0) is 25.7 Å². The maximum Gasteiger partial charge on any atom is 0.250 e. The Kier molecular flexibility index (Phi) is 52.2. The Bertz CT molecular complexity index is 1110. The van der Waals surface area contributed by atoms with E-state index in [2.05, 4.69) is 49.0 Å². The molecule has 0 saturated heterocycles. The number of aliphatic hydroxyl groups excluding tert-OH is 4. The molecular formula is C58H116N6O10. The van der Waals surface area contributed by atoms with Gasteiger partial charge in [-0.2, -0.15) is 0 Å².